The summed E-state index contributed by atoms with van der Waals surface area (Å²) in [5.74, 6) is 0.419. The van der Waals surface area contributed by atoms with Gasteiger partial charge in [-0.25, -0.2) is 0 Å². The van der Waals surface area contributed by atoms with Gasteiger partial charge in [0, 0.05) is 0 Å². The number of aromatic nitrogens is 2. The molecule has 112 valence electrons. The van der Waals surface area contributed by atoms with Crippen LogP contribution in [0.4, 0.5) is 5.13 Å². The minimum absolute atomic E-state index is 0.0582. The minimum Gasteiger partial charge on any atom is -0.484 e. The Hall–Kier alpha value is -2.25. The van der Waals surface area contributed by atoms with Gasteiger partial charge < -0.3 is 4.74 Å². The number of nitrogens with zero attached hydrogens (tertiary/aromatic N) is 2. The number of benzene rings is 1. The number of nitrogens with one attached hydrogen (secondary N) is 1. The predicted molar refractivity (Wildman–Crippen MR) is 88.5 cm³/mol. The lowest BCUT2D eigenvalue weighted by molar-refractivity contribution is -0.118. The molecule has 0 aliphatic heterocycles. The maximum atomic E-state index is 11.9. The summed E-state index contributed by atoms with van der Waals surface area (Å²) in [6, 6.07) is 11.5. The van der Waals surface area contributed by atoms with Gasteiger partial charge in [-0.05, 0) is 36.1 Å². The Kier molecular flexibility index (Phi) is 4.45. The van der Waals surface area contributed by atoms with Crippen LogP contribution in [0.5, 0.6) is 5.75 Å². The Morgan fingerprint density at radius 1 is 1.27 bits per heavy atom. The Bertz CT molecular complexity index is 769. The zero-order valence-corrected chi connectivity index (χ0v) is 13.4. The summed E-state index contributed by atoms with van der Waals surface area (Å²) in [5.41, 5.74) is 1.09. The zero-order valence-electron chi connectivity index (χ0n) is 11.8. The van der Waals surface area contributed by atoms with Crippen molar-refractivity contribution in [3.8, 4) is 15.6 Å². The van der Waals surface area contributed by atoms with Gasteiger partial charge in [0.25, 0.3) is 5.91 Å². The van der Waals surface area contributed by atoms with E-state index < -0.39 is 0 Å². The molecule has 0 saturated heterocycles. The summed E-state index contributed by atoms with van der Waals surface area (Å²) in [5, 5.41) is 14.0. The number of rotatable bonds is 5. The Balaban J connectivity index is 1.56. The molecule has 2 heterocycles. The lowest BCUT2D eigenvalue weighted by atomic mass is 10.2. The largest absolute Gasteiger partial charge is 0.484 e. The van der Waals surface area contributed by atoms with Crippen molar-refractivity contribution in [1.82, 2.24) is 10.2 Å². The molecule has 0 radical (unpaired) electrons. The molecular formula is C15H13N3O2S2. The van der Waals surface area contributed by atoms with Crippen LogP contribution in [0.2, 0.25) is 0 Å². The van der Waals surface area contributed by atoms with E-state index in [4.69, 9.17) is 4.74 Å². The van der Waals surface area contributed by atoms with Gasteiger partial charge in [-0.1, -0.05) is 29.5 Å². The highest BCUT2D eigenvalue weighted by Gasteiger charge is 2.10. The van der Waals surface area contributed by atoms with E-state index in [1.54, 1.807) is 11.3 Å². The summed E-state index contributed by atoms with van der Waals surface area (Å²) < 4.78 is 5.45. The highest BCUT2D eigenvalue weighted by Crippen LogP contribution is 2.29. The number of hydrogen-bond donors (Lipinski definition) is 1. The van der Waals surface area contributed by atoms with Crippen LogP contribution < -0.4 is 10.1 Å². The average Bonchev–Trinajstić information content (AvgIpc) is 3.16. The van der Waals surface area contributed by atoms with E-state index in [1.165, 1.54) is 11.3 Å². The van der Waals surface area contributed by atoms with Gasteiger partial charge in [-0.3, -0.25) is 10.1 Å². The lowest BCUT2D eigenvalue weighted by Crippen LogP contribution is -2.20. The van der Waals surface area contributed by atoms with Crippen molar-refractivity contribution in [1.29, 1.82) is 0 Å². The second-order valence-corrected chi connectivity index (χ2v) is 6.47. The number of thiophene rings is 1. The second kappa shape index (κ2) is 6.67. The van der Waals surface area contributed by atoms with E-state index in [2.05, 4.69) is 15.5 Å². The number of carbonyl (C=O) groups excluding carboxylic acids is 1. The molecule has 22 heavy (non-hydrogen) atoms. The van der Waals surface area contributed by atoms with Crippen molar-refractivity contribution < 1.29 is 9.53 Å². The van der Waals surface area contributed by atoms with Crippen molar-refractivity contribution in [2.24, 2.45) is 0 Å². The highest BCUT2D eigenvalue weighted by molar-refractivity contribution is 7.23. The van der Waals surface area contributed by atoms with Crippen LogP contribution in [0.15, 0.2) is 41.8 Å². The van der Waals surface area contributed by atoms with Crippen molar-refractivity contribution in [3.05, 3.63) is 47.3 Å². The van der Waals surface area contributed by atoms with E-state index in [1.807, 2.05) is 48.7 Å². The maximum Gasteiger partial charge on any atom is 0.264 e. The number of carbonyl (C=O) groups is 1. The number of ether oxygens (including phenoxy) is 1. The third-order valence-corrected chi connectivity index (χ3v) is 4.64. The molecule has 5 nitrogen and oxygen atoms in total. The van der Waals surface area contributed by atoms with Gasteiger partial charge in [-0.15, -0.1) is 21.5 Å². The first kappa shape index (κ1) is 14.7. The normalized spacial score (nSPS) is 10.4. The average molecular weight is 331 g/mol. The second-order valence-electron chi connectivity index (χ2n) is 4.54. The SMILES string of the molecule is Cc1cccc(OCC(=O)Nc2nnc(-c3cccs3)s2)c1. The molecule has 0 fully saturated rings. The summed E-state index contributed by atoms with van der Waals surface area (Å²) in [6.07, 6.45) is 0. The molecular weight excluding hydrogens is 318 g/mol. The molecule has 1 amide bonds. The first-order chi connectivity index (χ1) is 10.7. The molecule has 7 heteroatoms. The van der Waals surface area contributed by atoms with Crippen molar-refractivity contribution >= 4 is 33.7 Å². The van der Waals surface area contributed by atoms with Crippen molar-refractivity contribution in [2.75, 3.05) is 11.9 Å². The predicted octanol–water partition coefficient (Wildman–Crippen LogP) is 3.59. The van der Waals surface area contributed by atoms with Crippen molar-refractivity contribution in [2.45, 2.75) is 6.92 Å². The first-order valence-corrected chi connectivity index (χ1v) is 8.27. The third-order valence-electron chi connectivity index (χ3n) is 2.76. The molecule has 0 spiro atoms. The van der Waals surface area contributed by atoms with Gasteiger partial charge >= 0.3 is 0 Å². The van der Waals surface area contributed by atoms with Gasteiger partial charge in [0.05, 0.1) is 4.88 Å². The van der Waals surface area contributed by atoms with Gasteiger partial charge in [-0.2, -0.15) is 0 Å². The summed E-state index contributed by atoms with van der Waals surface area (Å²) in [6.45, 7) is 1.91. The highest BCUT2D eigenvalue weighted by atomic mass is 32.1. The fourth-order valence-electron chi connectivity index (χ4n) is 1.78. The summed E-state index contributed by atoms with van der Waals surface area (Å²) in [7, 11) is 0. The van der Waals surface area contributed by atoms with E-state index in [-0.39, 0.29) is 12.5 Å². The molecule has 0 aliphatic rings. The van der Waals surface area contributed by atoms with Crippen LogP contribution >= 0.6 is 22.7 Å². The Morgan fingerprint density at radius 2 is 2.18 bits per heavy atom. The Morgan fingerprint density at radius 3 is 2.95 bits per heavy atom. The standard InChI is InChI=1S/C15H13N3O2S2/c1-10-4-2-5-11(8-10)20-9-13(19)16-15-18-17-14(22-15)12-6-3-7-21-12/h2-8H,9H2,1H3,(H,16,18,19). The van der Waals surface area contributed by atoms with Crippen LogP contribution in [-0.4, -0.2) is 22.7 Å². The molecule has 0 atom stereocenters. The molecule has 0 saturated carbocycles. The van der Waals surface area contributed by atoms with Gasteiger partial charge in [0.2, 0.25) is 5.13 Å². The smallest absolute Gasteiger partial charge is 0.264 e. The number of anilines is 1. The van der Waals surface area contributed by atoms with E-state index >= 15 is 0 Å². The molecule has 1 aromatic carbocycles. The molecule has 3 rings (SSSR count). The lowest BCUT2D eigenvalue weighted by Gasteiger charge is -2.05. The molecule has 1 N–H and O–H groups in total. The monoisotopic (exact) mass is 331 g/mol. The van der Waals surface area contributed by atoms with Crippen LogP contribution in [0.3, 0.4) is 0 Å². The fourth-order valence-corrected chi connectivity index (χ4v) is 3.33. The van der Waals surface area contributed by atoms with Gasteiger partial charge in [0.15, 0.2) is 11.6 Å². The van der Waals surface area contributed by atoms with Crippen molar-refractivity contribution in [3.63, 3.8) is 0 Å². The number of aryl methyl sites for hydroxylation is 1. The summed E-state index contributed by atoms with van der Waals surface area (Å²) >= 11 is 2.93. The quantitative estimate of drug-likeness (QED) is 0.776. The molecule has 3 aromatic rings. The first-order valence-electron chi connectivity index (χ1n) is 6.57. The molecule has 0 aliphatic carbocycles. The van der Waals surface area contributed by atoms with Crippen LogP contribution in [0.25, 0.3) is 9.88 Å². The third kappa shape index (κ3) is 3.69. The van der Waals surface area contributed by atoms with Gasteiger partial charge in [0.1, 0.15) is 5.75 Å². The molecule has 0 unspecified atom stereocenters. The Labute approximate surface area is 135 Å². The van der Waals surface area contributed by atoms with E-state index in [0.717, 1.165) is 15.4 Å². The zero-order chi connectivity index (χ0) is 15.4. The van der Waals surface area contributed by atoms with E-state index in [0.29, 0.717) is 10.9 Å². The number of hydrogen-bond acceptors (Lipinski definition) is 6. The van der Waals surface area contributed by atoms with Crippen LogP contribution in [0, 0.1) is 6.92 Å². The molecule has 0 bridgehead atoms. The molecule has 2 aromatic heterocycles. The maximum absolute atomic E-state index is 11.9. The number of amides is 1. The fraction of sp³-hybridized carbons (Fsp3) is 0.133. The minimum atomic E-state index is -0.254. The topological polar surface area (TPSA) is 64.1 Å². The van der Waals surface area contributed by atoms with Crippen LogP contribution in [0.1, 0.15) is 5.56 Å². The van der Waals surface area contributed by atoms with Crippen LogP contribution in [-0.2, 0) is 4.79 Å². The van der Waals surface area contributed by atoms with E-state index in [9.17, 15) is 4.79 Å². The summed E-state index contributed by atoms with van der Waals surface area (Å²) in [4.78, 5) is 12.9.